The van der Waals surface area contributed by atoms with Crippen LogP contribution in [-0.4, -0.2) is 49.2 Å². The SMILES string of the molecule is CC(C)ON(CC(O)C(Cc1ccccc1)NC=O)S(=O)(=O)c1ccc(N)cc1. The summed E-state index contributed by atoms with van der Waals surface area (Å²) in [6.45, 7) is 3.01. The fourth-order valence-electron chi connectivity index (χ4n) is 2.73. The van der Waals surface area contributed by atoms with Crippen LogP contribution in [0.2, 0.25) is 0 Å². The molecule has 0 fully saturated rings. The van der Waals surface area contributed by atoms with Crippen LogP contribution in [0.4, 0.5) is 5.69 Å². The third kappa shape index (κ3) is 6.53. The number of anilines is 1. The van der Waals surface area contributed by atoms with Gasteiger partial charge in [0, 0.05) is 5.69 Å². The predicted octanol–water partition coefficient (Wildman–Crippen LogP) is 1.32. The molecule has 2 aromatic rings. The summed E-state index contributed by atoms with van der Waals surface area (Å²) in [4.78, 5) is 16.5. The number of aliphatic hydroxyl groups is 1. The van der Waals surface area contributed by atoms with Crippen LogP contribution in [-0.2, 0) is 26.1 Å². The van der Waals surface area contributed by atoms with E-state index in [1.165, 1.54) is 24.3 Å². The number of sulfonamides is 1. The van der Waals surface area contributed by atoms with Crippen molar-refractivity contribution in [3.63, 3.8) is 0 Å². The van der Waals surface area contributed by atoms with Gasteiger partial charge in [-0.25, -0.2) is 8.42 Å². The molecule has 2 aromatic carbocycles. The third-order valence-corrected chi connectivity index (χ3v) is 5.79. The lowest BCUT2D eigenvalue weighted by Gasteiger charge is -2.29. The van der Waals surface area contributed by atoms with Crippen molar-refractivity contribution in [3.8, 4) is 0 Å². The largest absolute Gasteiger partial charge is 0.399 e. The van der Waals surface area contributed by atoms with Crippen LogP contribution in [0.15, 0.2) is 59.5 Å². The Labute approximate surface area is 171 Å². The van der Waals surface area contributed by atoms with E-state index in [4.69, 9.17) is 10.6 Å². The van der Waals surface area contributed by atoms with E-state index >= 15 is 0 Å². The summed E-state index contributed by atoms with van der Waals surface area (Å²) >= 11 is 0. The van der Waals surface area contributed by atoms with Gasteiger partial charge in [0.1, 0.15) is 0 Å². The highest BCUT2D eigenvalue weighted by atomic mass is 32.2. The second-order valence-corrected chi connectivity index (χ2v) is 8.69. The second-order valence-electron chi connectivity index (χ2n) is 6.86. The molecule has 0 aromatic heterocycles. The maximum Gasteiger partial charge on any atom is 0.265 e. The minimum Gasteiger partial charge on any atom is -0.399 e. The molecule has 0 heterocycles. The van der Waals surface area contributed by atoms with Crippen molar-refractivity contribution in [3.05, 3.63) is 60.2 Å². The summed E-state index contributed by atoms with van der Waals surface area (Å²) in [5.41, 5.74) is 6.95. The van der Waals surface area contributed by atoms with Gasteiger partial charge in [0.05, 0.1) is 29.7 Å². The molecule has 0 aliphatic heterocycles. The molecule has 0 saturated heterocycles. The average Bonchev–Trinajstić information content (AvgIpc) is 2.68. The Hall–Kier alpha value is -2.46. The van der Waals surface area contributed by atoms with E-state index in [1.54, 1.807) is 13.8 Å². The number of nitrogens with zero attached hydrogens (tertiary/aromatic N) is 1. The van der Waals surface area contributed by atoms with Gasteiger partial charge in [0.25, 0.3) is 10.0 Å². The molecule has 1 amide bonds. The van der Waals surface area contributed by atoms with Crippen molar-refractivity contribution in [2.45, 2.75) is 43.4 Å². The summed E-state index contributed by atoms with van der Waals surface area (Å²) in [5, 5.41) is 13.3. The summed E-state index contributed by atoms with van der Waals surface area (Å²) in [6.07, 6.45) is -0.836. The monoisotopic (exact) mass is 421 g/mol. The number of hydrogen-bond donors (Lipinski definition) is 3. The molecule has 158 valence electrons. The first-order valence-corrected chi connectivity index (χ1v) is 10.6. The molecule has 29 heavy (non-hydrogen) atoms. The second kappa shape index (κ2) is 10.4. The molecule has 4 N–H and O–H groups in total. The van der Waals surface area contributed by atoms with Gasteiger partial charge in [-0.3, -0.25) is 9.63 Å². The van der Waals surface area contributed by atoms with Crippen LogP contribution in [0.25, 0.3) is 0 Å². The molecular weight excluding hydrogens is 394 g/mol. The first-order chi connectivity index (χ1) is 13.7. The summed E-state index contributed by atoms with van der Waals surface area (Å²) in [6, 6.07) is 14.3. The number of nitrogens with one attached hydrogen (secondary N) is 1. The van der Waals surface area contributed by atoms with Gasteiger partial charge >= 0.3 is 0 Å². The smallest absolute Gasteiger partial charge is 0.265 e. The van der Waals surface area contributed by atoms with Gasteiger partial charge in [-0.2, -0.15) is 0 Å². The normalized spacial score (nSPS) is 14.0. The number of nitrogens with two attached hydrogens (primary N) is 1. The van der Waals surface area contributed by atoms with Gasteiger partial charge in [0.15, 0.2) is 0 Å². The Morgan fingerprint density at radius 2 is 1.76 bits per heavy atom. The predicted molar refractivity (Wildman–Crippen MR) is 110 cm³/mol. The number of hydrogen-bond acceptors (Lipinski definition) is 6. The zero-order valence-electron chi connectivity index (χ0n) is 16.4. The van der Waals surface area contributed by atoms with E-state index in [2.05, 4.69) is 5.32 Å². The molecule has 0 aliphatic carbocycles. The van der Waals surface area contributed by atoms with Crippen LogP contribution in [0.1, 0.15) is 19.4 Å². The first kappa shape index (κ1) is 22.8. The van der Waals surface area contributed by atoms with Crippen LogP contribution in [0.3, 0.4) is 0 Å². The zero-order chi connectivity index (χ0) is 21.4. The molecule has 9 heteroatoms. The van der Waals surface area contributed by atoms with E-state index < -0.39 is 28.3 Å². The van der Waals surface area contributed by atoms with Gasteiger partial charge < -0.3 is 16.2 Å². The molecule has 0 saturated carbocycles. The number of carbonyl (C=O) groups is 1. The maximum absolute atomic E-state index is 13.0. The van der Waals surface area contributed by atoms with Gasteiger partial charge in [-0.15, -0.1) is 0 Å². The fourth-order valence-corrected chi connectivity index (χ4v) is 4.08. The van der Waals surface area contributed by atoms with Crippen molar-refractivity contribution in [1.82, 2.24) is 9.79 Å². The number of amides is 1. The standard InChI is InChI=1S/C20H27N3O5S/c1-15(2)28-23(29(26,27)18-10-8-17(21)9-11-18)13-20(25)19(22-14-24)12-16-6-4-3-5-7-16/h3-11,14-15,19-20,25H,12-13,21H2,1-2H3,(H,22,24). The molecule has 0 spiro atoms. The number of rotatable bonds is 11. The maximum atomic E-state index is 13.0. The molecule has 0 aliphatic rings. The quantitative estimate of drug-likeness (QED) is 0.286. The molecule has 0 bridgehead atoms. The number of benzene rings is 2. The van der Waals surface area contributed by atoms with Gasteiger partial charge in [0.2, 0.25) is 6.41 Å². The van der Waals surface area contributed by atoms with E-state index in [0.717, 1.165) is 10.0 Å². The number of aliphatic hydroxyl groups excluding tert-OH is 1. The number of nitrogen functional groups attached to an aromatic ring is 1. The lowest BCUT2D eigenvalue weighted by molar-refractivity contribution is -0.137. The van der Waals surface area contributed by atoms with E-state index in [1.807, 2.05) is 30.3 Å². The summed E-state index contributed by atoms with van der Waals surface area (Å²) in [5.74, 6) is 0. The Balaban J connectivity index is 2.24. The highest BCUT2D eigenvalue weighted by molar-refractivity contribution is 7.89. The average molecular weight is 422 g/mol. The minimum absolute atomic E-state index is 0.0116. The van der Waals surface area contributed by atoms with Crippen LogP contribution in [0, 0.1) is 0 Å². The molecule has 8 nitrogen and oxygen atoms in total. The Bertz CT molecular complexity index is 873. The van der Waals surface area contributed by atoms with Crippen molar-refractivity contribution in [2.24, 2.45) is 0 Å². The molecule has 2 unspecified atom stereocenters. The van der Waals surface area contributed by atoms with Crippen LogP contribution < -0.4 is 11.1 Å². The fraction of sp³-hybridized carbons (Fsp3) is 0.350. The van der Waals surface area contributed by atoms with Crippen molar-refractivity contribution in [2.75, 3.05) is 12.3 Å². The minimum atomic E-state index is -4.05. The van der Waals surface area contributed by atoms with Crippen LogP contribution in [0.5, 0.6) is 0 Å². The van der Waals surface area contributed by atoms with Crippen LogP contribution >= 0.6 is 0 Å². The molecule has 0 radical (unpaired) electrons. The van der Waals surface area contributed by atoms with E-state index in [-0.39, 0.29) is 11.4 Å². The van der Waals surface area contributed by atoms with Gasteiger partial charge in [-0.05, 0) is 50.1 Å². The third-order valence-electron chi connectivity index (χ3n) is 4.16. The Kier molecular flexibility index (Phi) is 8.15. The lowest BCUT2D eigenvalue weighted by atomic mass is 10.0. The van der Waals surface area contributed by atoms with E-state index in [9.17, 15) is 18.3 Å². The highest BCUT2D eigenvalue weighted by Gasteiger charge is 2.31. The summed E-state index contributed by atoms with van der Waals surface area (Å²) < 4.78 is 26.8. The molecular formula is C20H27N3O5S. The summed E-state index contributed by atoms with van der Waals surface area (Å²) in [7, 11) is -4.05. The Morgan fingerprint density at radius 1 is 1.14 bits per heavy atom. The first-order valence-electron chi connectivity index (χ1n) is 9.20. The molecule has 2 atom stereocenters. The topological polar surface area (TPSA) is 122 Å². The Morgan fingerprint density at radius 3 is 2.31 bits per heavy atom. The molecule has 2 rings (SSSR count). The highest BCUT2D eigenvalue weighted by Crippen LogP contribution is 2.20. The van der Waals surface area contributed by atoms with Crippen molar-refractivity contribution >= 4 is 22.1 Å². The number of carbonyl (C=O) groups excluding carboxylic acids is 1. The van der Waals surface area contributed by atoms with Gasteiger partial charge in [-0.1, -0.05) is 34.8 Å². The van der Waals surface area contributed by atoms with Crippen molar-refractivity contribution in [1.29, 1.82) is 0 Å². The zero-order valence-corrected chi connectivity index (χ0v) is 17.2. The van der Waals surface area contributed by atoms with E-state index in [0.29, 0.717) is 18.5 Å². The van der Waals surface area contributed by atoms with Crippen molar-refractivity contribution < 1.29 is 23.2 Å². The number of hydroxylamine groups is 1. The lowest BCUT2D eigenvalue weighted by Crippen LogP contribution is -2.49.